The number of hydrogen-bond donors (Lipinski definition) is 1. The third-order valence-corrected chi connectivity index (χ3v) is 1.69. The molecule has 0 aliphatic heterocycles. The number of rotatable bonds is 2. The molecule has 2 heteroatoms. The van der Waals surface area contributed by atoms with E-state index in [9.17, 15) is 9.50 Å². The van der Waals surface area contributed by atoms with E-state index in [0.29, 0.717) is 12.0 Å². The smallest absolute Gasteiger partial charge is 0.122 e. The first-order chi connectivity index (χ1) is 5.49. The molecule has 0 amide bonds. The van der Waals surface area contributed by atoms with Crippen LogP contribution in [0.25, 0.3) is 0 Å². The minimum atomic E-state index is -0.825. The Balaban J connectivity index is 2.64. The molecule has 0 heterocycles. The summed E-state index contributed by atoms with van der Waals surface area (Å²) in [5.74, 6) is -0.219. The predicted molar refractivity (Wildman–Crippen MR) is 47.1 cm³/mol. The van der Waals surface area contributed by atoms with E-state index in [-0.39, 0.29) is 5.83 Å². The molecule has 0 saturated carbocycles. The van der Waals surface area contributed by atoms with Gasteiger partial charge in [-0.15, -0.1) is 0 Å². The highest BCUT2D eigenvalue weighted by atomic mass is 19.1. The van der Waals surface area contributed by atoms with E-state index in [4.69, 9.17) is 0 Å². The minimum absolute atomic E-state index is 0.219. The second kappa shape index (κ2) is 3.40. The van der Waals surface area contributed by atoms with Gasteiger partial charge >= 0.3 is 0 Å². The lowest BCUT2D eigenvalue weighted by Crippen LogP contribution is -2.19. The Morgan fingerprint density at radius 1 is 1.58 bits per heavy atom. The van der Waals surface area contributed by atoms with Crippen LogP contribution in [0.5, 0.6) is 0 Å². The second-order valence-electron chi connectivity index (χ2n) is 3.70. The van der Waals surface area contributed by atoms with Crippen LogP contribution in [0, 0.1) is 6.42 Å². The average Bonchev–Trinajstić information content (AvgIpc) is 1.91. The highest BCUT2D eigenvalue weighted by Crippen LogP contribution is 2.26. The molecule has 1 aliphatic rings. The van der Waals surface area contributed by atoms with Crippen molar-refractivity contribution in [2.24, 2.45) is 0 Å². The molecule has 0 bridgehead atoms. The molecular weight excluding hydrogens is 155 g/mol. The van der Waals surface area contributed by atoms with Crippen LogP contribution in [0.2, 0.25) is 0 Å². The van der Waals surface area contributed by atoms with Crippen LogP contribution in [-0.2, 0) is 0 Å². The summed E-state index contributed by atoms with van der Waals surface area (Å²) in [6.07, 6.45) is 6.18. The molecule has 1 nitrogen and oxygen atoms in total. The maximum absolute atomic E-state index is 13.0. The van der Waals surface area contributed by atoms with E-state index in [0.717, 1.165) is 6.42 Å². The van der Waals surface area contributed by atoms with Gasteiger partial charge in [0.2, 0.25) is 0 Å². The third kappa shape index (κ3) is 2.78. The summed E-state index contributed by atoms with van der Waals surface area (Å²) in [6, 6.07) is 0. The Morgan fingerprint density at radius 2 is 2.25 bits per heavy atom. The van der Waals surface area contributed by atoms with Gasteiger partial charge in [-0.25, -0.2) is 4.39 Å². The predicted octanol–water partition coefficient (Wildman–Crippen LogP) is 2.54. The van der Waals surface area contributed by atoms with E-state index >= 15 is 0 Å². The average molecular weight is 169 g/mol. The van der Waals surface area contributed by atoms with Crippen LogP contribution in [-0.4, -0.2) is 10.7 Å². The summed E-state index contributed by atoms with van der Waals surface area (Å²) < 4.78 is 13.0. The van der Waals surface area contributed by atoms with Crippen LogP contribution < -0.4 is 0 Å². The van der Waals surface area contributed by atoms with Gasteiger partial charge < -0.3 is 5.11 Å². The van der Waals surface area contributed by atoms with Gasteiger partial charge in [0.25, 0.3) is 0 Å². The van der Waals surface area contributed by atoms with Crippen LogP contribution in [0.3, 0.4) is 0 Å². The summed E-state index contributed by atoms with van der Waals surface area (Å²) in [4.78, 5) is 0. The van der Waals surface area contributed by atoms with Crippen LogP contribution >= 0.6 is 0 Å². The summed E-state index contributed by atoms with van der Waals surface area (Å²) in [6.45, 7) is 3.36. The van der Waals surface area contributed by atoms with Gasteiger partial charge in [-0.1, -0.05) is 6.08 Å². The lowest BCUT2D eigenvalue weighted by molar-refractivity contribution is 0.0806. The summed E-state index contributed by atoms with van der Waals surface area (Å²) in [5.41, 5.74) is -0.209. The van der Waals surface area contributed by atoms with Crippen LogP contribution in [0.4, 0.5) is 4.39 Å². The molecule has 0 atom stereocenters. The van der Waals surface area contributed by atoms with Crippen molar-refractivity contribution in [2.75, 3.05) is 0 Å². The Labute approximate surface area is 72.6 Å². The first-order valence-corrected chi connectivity index (χ1v) is 4.10. The van der Waals surface area contributed by atoms with Crippen LogP contribution in [0.15, 0.2) is 23.6 Å². The Morgan fingerprint density at radius 3 is 2.75 bits per heavy atom. The minimum Gasteiger partial charge on any atom is -0.390 e. The second-order valence-corrected chi connectivity index (χ2v) is 3.70. The highest BCUT2D eigenvalue weighted by Gasteiger charge is 2.18. The fourth-order valence-corrected chi connectivity index (χ4v) is 1.21. The Hall–Kier alpha value is -0.630. The number of halogens is 1. The zero-order valence-electron chi connectivity index (χ0n) is 7.47. The van der Waals surface area contributed by atoms with E-state index in [1.807, 2.05) is 6.08 Å². The Kier molecular flexibility index (Phi) is 2.68. The molecule has 0 unspecified atom stereocenters. The molecule has 12 heavy (non-hydrogen) atoms. The van der Waals surface area contributed by atoms with Gasteiger partial charge in [0.05, 0.1) is 5.60 Å². The summed E-state index contributed by atoms with van der Waals surface area (Å²) >= 11 is 0. The molecule has 1 aliphatic carbocycles. The standard InChI is InChI=1S/C10H14FO/c1-10(2,12)7-8-5-3-4-6-9(8)11/h4-6,12H,3,7H2,1-2H3. The van der Waals surface area contributed by atoms with Crippen molar-refractivity contribution >= 4 is 0 Å². The number of hydrogen-bond acceptors (Lipinski definition) is 1. The van der Waals surface area contributed by atoms with Gasteiger partial charge in [0.1, 0.15) is 5.83 Å². The fraction of sp³-hybridized carbons (Fsp3) is 0.500. The van der Waals surface area contributed by atoms with Crippen molar-refractivity contribution in [1.82, 2.24) is 0 Å². The van der Waals surface area contributed by atoms with Gasteiger partial charge in [0.15, 0.2) is 0 Å². The zero-order chi connectivity index (χ0) is 9.19. The van der Waals surface area contributed by atoms with Crippen molar-refractivity contribution in [3.63, 3.8) is 0 Å². The first kappa shape index (κ1) is 9.46. The van der Waals surface area contributed by atoms with Crippen molar-refractivity contribution in [3.8, 4) is 0 Å². The van der Waals surface area contributed by atoms with E-state index < -0.39 is 5.60 Å². The highest BCUT2D eigenvalue weighted by molar-refractivity contribution is 5.32. The van der Waals surface area contributed by atoms with E-state index in [1.54, 1.807) is 20.3 Å². The molecule has 0 aromatic heterocycles. The molecule has 67 valence electrons. The normalized spacial score (nSPS) is 18.7. The molecule has 1 rings (SSSR count). The molecule has 0 spiro atoms. The van der Waals surface area contributed by atoms with Gasteiger partial charge in [-0.2, -0.15) is 0 Å². The molecule has 0 aromatic rings. The van der Waals surface area contributed by atoms with Crippen LogP contribution in [0.1, 0.15) is 26.7 Å². The van der Waals surface area contributed by atoms with E-state index in [2.05, 4.69) is 0 Å². The van der Waals surface area contributed by atoms with Crippen molar-refractivity contribution in [2.45, 2.75) is 32.3 Å². The van der Waals surface area contributed by atoms with Gasteiger partial charge in [-0.3, -0.25) is 0 Å². The zero-order valence-corrected chi connectivity index (χ0v) is 7.47. The SMILES string of the molecule is CC(C)(O)CC1=CC[CH]C=C1F. The maximum atomic E-state index is 13.0. The first-order valence-electron chi connectivity index (χ1n) is 4.10. The van der Waals surface area contributed by atoms with Crippen molar-refractivity contribution in [1.29, 1.82) is 0 Å². The molecule has 1 N–H and O–H groups in total. The molecule has 0 aromatic carbocycles. The fourth-order valence-electron chi connectivity index (χ4n) is 1.21. The largest absolute Gasteiger partial charge is 0.390 e. The van der Waals surface area contributed by atoms with Crippen molar-refractivity contribution < 1.29 is 9.50 Å². The number of allylic oxidation sites excluding steroid dienone is 3. The summed E-state index contributed by atoms with van der Waals surface area (Å²) in [7, 11) is 0. The maximum Gasteiger partial charge on any atom is 0.122 e. The summed E-state index contributed by atoms with van der Waals surface area (Å²) in [5, 5.41) is 9.44. The van der Waals surface area contributed by atoms with Crippen molar-refractivity contribution in [3.05, 3.63) is 30.0 Å². The topological polar surface area (TPSA) is 20.2 Å². The lowest BCUT2D eigenvalue weighted by atomic mass is 9.94. The quantitative estimate of drug-likeness (QED) is 0.673. The van der Waals surface area contributed by atoms with Gasteiger partial charge in [-0.05, 0) is 38.3 Å². The molecule has 0 fully saturated rings. The molecular formula is C10H14FO. The number of aliphatic hydroxyl groups is 1. The lowest BCUT2D eigenvalue weighted by Gasteiger charge is -2.19. The third-order valence-electron chi connectivity index (χ3n) is 1.69. The molecule has 1 radical (unpaired) electrons. The van der Waals surface area contributed by atoms with E-state index in [1.165, 1.54) is 6.08 Å². The monoisotopic (exact) mass is 169 g/mol. The Bertz CT molecular complexity index is 220. The molecule has 0 saturated heterocycles. The van der Waals surface area contributed by atoms with Gasteiger partial charge in [0, 0.05) is 6.42 Å².